The Bertz CT molecular complexity index is 748. The van der Waals surface area contributed by atoms with Crippen molar-refractivity contribution in [3.8, 4) is 5.88 Å². The summed E-state index contributed by atoms with van der Waals surface area (Å²) in [5.74, 6) is 0.387. The number of carbonyl (C=O) groups excluding carboxylic acids is 2. The highest BCUT2D eigenvalue weighted by Crippen LogP contribution is 2.22. The van der Waals surface area contributed by atoms with Gasteiger partial charge >= 0.3 is 0 Å². The molecule has 3 rings (SSSR count). The maximum Gasteiger partial charge on any atom is 0.264 e. The molecule has 3 heterocycles. The number of nitrogens with zero attached hydrogens (tertiary/aromatic N) is 2. The van der Waals surface area contributed by atoms with Crippen LogP contribution in [0.25, 0.3) is 0 Å². The summed E-state index contributed by atoms with van der Waals surface area (Å²) in [4.78, 5) is 31.9. The van der Waals surface area contributed by atoms with Gasteiger partial charge in [0.15, 0.2) is 0 Å². The van der Waals surface area contributed by atoms with E-state index in [-0.39, 0.29) is 11.8 Å². The largest absolute Gasteiger partial charge is 0.478 e. The van der Waals surface area contributed by atoms with Crippen molar-refractivity contribution >= 4 is 23.2 Å². The number of thiophene rings is 1. The number of carbonyl (C=O) groups is 2. The second-order valence-electron chi connectivity index (χ2n) is 6.14. The summed E-state index contributed by atoms with van der Waals surface area (Å²) in [6.07, 6.45) is 4.25. The molecule has 0 radical (unpaired) electrons. The zero-order chi connectivity index (χ0) is 18.4. The molecule has 2 aromatic rings. The van der Waals surface area contributed by atoms with Crippen molar-refractivity contribution in [3.63, 3.8) is 0 Å². The number of amides is 2. The summed E-state index contributed by atoms with van der Waals surface area (Å²) >= 11 is 1.41. The van der Waals surface area contributed by atoms with Crippen molar-refractivity contribution in [1.82, 2.24) is 15.2 Å². The molecule has 2 aromatic heterocycles. The zero-order valence-electron chi connectivity index (χ0n) is 14.8. The molecule has 0 spiro atoms. The molecule has 1 saturated heterocycles. The number of aromatic nitrogens is 1. The Hall–Kier alpha value is -2.41. The van der Waals surface area contributed by atoms with Crippen LogP contribution in [-0.2, 0) is 11.3 Å². The molecule has 1 aliphatic heterocycles. The summed E-state index contributed by atoms with van der Waals surface area (Å²) in [7, 11) is 0. The van der Waals surface area contributed by atoms with E-state index in [9.17, 15) is 9.59 Å². The lowest BCUT2D eigenvalue weighted by molar-refractivity contribution is -0.126. The molecular formula is C19H23N3O3S. The van der Waals surface area contributed by atoms with Gasteiger partial charge in [-0.05, 0) is 49.3 Å². The second kappa shape index (κ2) is 8.80. The number of pyridine rings is 1. The first kappa shape index (κ1) is 18.4. The van der Waals surface area contributed by atoms with E-state index >= 15 is 0 Å². The van der Waals surface area contributed by atoms with Crippen LogP contribution in [0.1, 0.15) is 41.4 Å². The molecule has 26 heavy (non-hydrogen) atoms. The highest BCUT2D eigenvalue weighted by molar-refractivity contribution is 7.12. The van der Waals surface area contributed by atoms with Gasteiger partial charge in [0.05, 0.1) is 11.5 Å². The highest BCUT2D eigenvalue weighted by atomic mass is 32.1. The average Bonchev–Trinajstić information content (AvgIpc) is 3.21. The van der Waals surface area contributed by atoms with Crippen molar-refractivity contribution in [2.45, 2.75) is 38.8 Å². The maximum atomic E-state index is 12.7. The number of hydrogen-bond acceptors (Lipinski definition) is 5. The van der Waals surface area contributed by atoms with E-state index in [4.69, 9.17) is 4.74 Å². The van der Waals surface area contributed by atoms with E-state index in [0.717, 1.165) is 18.4 Å². The van der Waals surface area contributed by atoms with Gasteiger partial charge in [-0.2, -0.15) is 0 Å². The molecule has 1 N–H and O–H groups in total. The molecule has 1 aliphatic rings. The van der Waals surface area contributed by atoms with E-state index < -0.39 is 6.04 Å². The monoisotopic (exact) mass is 373 g/mol. The fourth-order valence-corrected chi connectivity index (χ4v) is 3.76. The lowest BCUT2D eigenvalue weighted by Gasteiger charge is -2.34. The normalized spacial score (nSPS) is 17.0. The minimum atomic E-state index is -0.411. The summed E-state index contributed by atoms with van der Waals surface area (Å²) in [5.41, 5.74) is 0.920. The van der Waals surface area contributed by atoms with Crippen LogP contribution in [0.15, 0.2) is 35.8 Å². The Morgan fingerprint density at radius 3 is 3.04 bits per heavy atom. The maximum absolute atomic E-state index is 12.7. The lowest BCUT2D eigenvalue weighted by Crippen LogP contribution is -2.51. The van der Waals surface area contributed by atoms with Crippen molar-refractivity contribution in [3.05, 3.63) is 46.3 Å². The van der Waals surface area contributed by atoms with Crippen molar-refractivity contribution in [1.29, 1.82) is 0 Å². The molecule has 1 atom stereocenters. The summed E-state index contributed by atoms with van der Waals surface area (Å²) in [5, 5.41) is 4.84. The smallest absolute Gasteiger partial charge is 0.264 e. The van der Waals surface area contributed by atoms with E-state index in [1.807, 2.05) is 36.6 Å². The van der Waals surface area contributed by atoms with Gasteiger partial charge in [0.25, 0.3) is 5.91 Å². The lowest BCUT2D eigenvalue weighted by atomic mass is 10.0. The highest BCUT2D eigenvalue weighted by Gasteiger charge is 2.32. The van der Waals surface area contributed by atoms with Gasteiger partial charge in [-0.25, -0.2) is 4.98 Å². The average molecular weight is 373 g/mol. The van der Waals surface area contributed by atoms with Crippen LogP contribution in [-0.4, -0.2) is 40.9 Å². The van der Waals surface area contributed by atoms with Gasteiger partial charge in [0, 0.05) is 25.4 Å². The topological polar surface area (TPSA) is 71.5 Å². The standard InChI is InChI=1S/C19H23N3O3S/c1-2-25-17-12-14(8-9-20-17)13-21-18(23)15-6-3-4-10-22(15)19(24)16-7-5-11-26-16/h5,7-9,11-12,15H,2-4,6,10,13H2,1H3,(H,21,23). The molecular weight excluding hydrogens is 350 g/mol. The SMILES string of the molecule is CCOc1cc(CNC(=O)C2CCCCN2C(=O)c2cccs2)ccn1. The zero-order valence-corrected chi connectivity index (χ0v) is 15.6. The van der Waals surface area contributed by atoms with Crippen LogP contribution < -0.4 is 10.1 Å². The van der Waals surface area contributed by atoms with Crippen molar-refractivity contribution in [2.24, 2.45) is 0 Å². The van der Waals surface area contributed by atoms with E-state index in [1.54, 1.807) is 11.1 Å². The molecule has 138 valence electrons. The van der Waals surface area contributed by atoms with E-state index in [0.29, 0.717) is 36.9 Å². The number of piperidine rings is 1. The number of nitrogens with one attached hydrogen (secondary N) is 1. The van der Waals surface area contributed by atoms with Gasteiger partial charge in [-0.3, -0.25) is 9.59 Å². The Balaban J connectivity index is 1.63. The molecule has 0 bridgehead atoms. The van der Waals surface area contributed by atoms with Gasteiger partial charge in [-0.15, -0.1) is 11.3 Å². The molecule has 0 saturated carbocycles. The minimum absolute atomic E-state index is 0.0533. The number of hydrogen-bond donors (Lipinski definition) is 1. The Morgan fingerprint density at radius 1 is 1.38 bits per heavy atom. The second-order valence-corrected chi connectivity index (χ2v) is 7.09. The molecule has 7 heteroatoms. The van der Waals surface area contributed by atoms with E-state index in [2.05, 4.69) is 10.3 Å². The third-order valence-corrected chi connectivity index (χ3v) is 5.21. The van der Waals surface area contributed by atoms with Crippen LogP contribution in [0.3, 0.4) is 0 Å². The third-order valence-electron chi connectivity index (χ3n) is 4.36. The molecule has 1 fully saturated rings. The van der Waals surface area contributed by atoms with Gasteiger partial charge in [0.2, 0.25) is 11.8 Å². The quantitative estimate of drug-likeness (QED) is 0.845. The van der Waals surface area contributed by atoms with Crippen LogP contribution in [0.5, 0.6) is 5.88 Å². The van der Waals surface area contributed by atoms with Gasteiger partial charge in [0.1, 0.15) is 6.04 Å². The predicted molar refractivity (Wildman–Crippen MR) is 100 cm³/mol. The fourth-order valence-electron chi connectivity index (χ4n) is 3.08. The van der Waals surface area contributed by atoms with Crippen molar-refractivity contribution < 1.29 is 14.3 Å². The first-order valence-electron chi connectivity index (χ1n) is 8.89. The van der Waals surface area contributed by atoms with Gasteiger partial charge < -0.3 is 15.0 Å². The third kappa shape index (κ3) is 4.40. The molecule has 0 aromatic carbocycles. The molecule has 2 amide bonds. The van der Waals surface area contributed by atoms with E-state index in [1.165, 1.54) is 11.3 Å². The summed E-state index contributed by atoms with van der Waals surface area (Å²) in [6.45, 7) is 3.46. The first-order valence-corrected chi connectivity index (χ1v) is 9.77. The van der Waals surface area contributed by atoms with Crippen LogP contribution >= 0.6 is 11.3 Å². The van der Waals surface area contributed by atoms with Gasteiger partial charge in [-0.1, -0.05) is 6.07 Å². The Kier molecular flexibility index (Phi) is 6.22. The van der Waals surface area contributed by atoms with Crippen LogP contribution in [0.2, 0.25) is 0 Å². The van der Waals surface area contributed by atoms with Crippen LogP contribution in [0, 0.1) is 0 Å². The number of ether oxygens (including phenoxy) is 1. The Morgan fingerprint density at radius 2 is 2.27 bits per heavy atom. The summed E-state index contributed by atoms with van der Waals surface area (Å²) < 4.78 is 5.38. The molecule has 1 unspecified atom stereocenters. The summed E-state index contributed by atoms with van der Waals surface area (Å²) in [6, 6.07) is 6.92. The Labute approximate surface area is 157 Å². The fraction of sp³-hybridized carbons (Fsp3) is 0.421. The minimum Gasteiger partial charge on any atom is -0.478 e. The van der Waals surface area contributed by atoms with Crippen molar-refractivity contribution in [2.75, 3.05) is 13.2 Å². The predicted octanol–water partition coefficient (Wildman–Crippen LogP) is 2.85. The first-order chi connectivity index (χ1) is 12.7. The number of likely N-dealkylation sites (tertiary alicyclic amines) is 1. The number of rotatable bonds is 6. The molecule has 0 aliphatic carbocycles. The van der Waals surface area contributed by atoms with Crippen LogP contribution in [0.4, 0.5) is 0 Å². The molecule has 6 nitrogen and oxygen atoms in total.